The Bertz CT molecular complexity index is 1450. The third-order valence-corrected chi connectivity index (χ3v) is 7.27. The number of amides is 1. The zero-order chi connectivity index (χ0) is 27.0. The lowest BCUT2D eigenvalue weighted by molar-refractivity contribution is -0.137. The average molecular weight is 538 g/mol. The molecule has 1 aliphatic rings. The average Bonchev–Trinajstić information content (AvgIpc) is 3.25. The highest BCUT2D eigenvalue weighted by molar-refractivity contribution is 6.30. The summed E-state index contributed by atoms with van der Waals surface area (Å²) in [6, 6.07) is 22.9. The van der Waals surface area contributed by atoms with Gasteiger partial charge < -0.3 is 14.4 Å². The van der Waals surface area contributed by atoms with E-state index in [1.165, 1.54) is 12.1 Å². The third kappa shape index (κ3) is 5.16. The fourth-order valence-electron chi connectivity index (χ4n) is 4.90. The molecule has 3 aromatic carbocycles. The number of aryl methyl sites for hydroxylation is 1. The van der Waals surface area contributed by atoms with Crippen molar-refractivity contribution in [1.82, 2.24) is 9.47 Å². The maximum Gasteiger partial charge on any atom is 0.416 e. The van der Waals surface area contributed by atoms with Crippen molar-refractivity contribution in [3.8, 4) is 16.9 Å². The predicted molar refractivity (Wildman–Crippen MR) is 145 cm³/mol. The van der Waals surface area contributed by atoms with Crippen molar-refractivity contribution >= 4 is 23.2 Å². The van der Waals surface area contributed by atoms with Crippen molar-refractivity contribution in [2.24, 2.45) is 0 Å². The van der Waals surface area contributed by atoms with Crippen molar-refractivity contribution in [3.05, 3.63) is 106 Å². The standard InChI is InChI=1S/C30H27ClF3N3O/c1-20-6-12-25(13-7-20)37-21(2)27(19-28(37)22-8-10-24(31)11-9-22)29(38)36-16-14-35(15-17-36)26-5-3-4-23(18-26)30(32,33)34/h3-13,18-19H,14-17H2,1-2H3. The molecule has 0 aliphatic carbocycles. The van der Waals surface area contributed by atoms with Crippen molar-refractivity contribution in [3.63, 3.8) is 0 Å². The van der Waals surface area contributed by atoms with E-state index >= 15 is 0 Å². The smallest absolute Gasteiger partial charge is 0.368 e. The van der Waals surface area contributed by atoms with Gasteiger partial charge in [-0.05, 0) is 67.9 Å². The van der Waals surface area contributed by atoms with Gasteiger partial charge >= 0.3 is 6.18 Å². The van der Waals surface area contributed by atoms with E-state index in [-0.39, 0.29) is 5.91 Å². The summed E-state index contributed by atoms with van der Waals surface area (Å²) in [7, 11) is 0. The molecule has 2 heterocycles. The van der Waals surface area contributed by atoms with Gasteiger partial charge in [0.2, 0.25) is 0 Å². The summed E-state index contributed by atoms with van der Waals surface area (Å²) in [5, 5.41) is 0.633. The first-order chi connectivity index (χ1) is 18.1. The van der Waals surface area contributed by atoms with Crippen molar-refractivity contribution in [2.75, 3.05) is 31.1 Å². The molecule has 4 nitrogen and oxygen atoms in total. The van der Waals surface area contributed by atoms with Gasteiger partial charge in [-0.2, -0.15) is 13.2 Å². The molecule has 0 bridgehead atoms. The van der Waals surface area contributed by atoms with Gasteiger partial charge in [0.25, 0.3) is 5.91 Å². The molecule has 0 N–H and O–H groups in total. The summed E-state index contributed by atoms with van der Waals surface area (Å²) < 4.78 is 41.6. The molecular weight excluding hydrogens is 511 g/mol. The number of piperazine rings is 1. The van der Waals surface area contributed by atoms with E-state index in [1.807, 2.05) is 73.3 Å². The molecular formula is C30H27ClF3N3O. The molecule has 0 atom stereocenters. The number of aromatic nitrogens is 1. The maximum absolute atomic E-state index is 13.7. The Hall–Kier alpha value is -3.71. The maximum atomic E-state index is 13.7. The minimum absolute atomic E-state index is 0.0905. The molecule has 0 saturated carbocycles. The Labute approximate surface area is 224 Å². The van der Waals surface area contributed by atoms with Gasteiger partial charge in [-0.25, -0.2) is 0 Å². The Morgan fingerprint density at radius 3 is 2.11 bits per heavy atom. The monoisotopic (exact) mass is 537 g/mol. The lowest BCUT2D eigenvalue weighted by atomic mass is 10.1. The van der Waals surface area contributed by atoms with E-state index in [1.54, 1.807) is 11.0 Å². The van der Waals surface area contributed by atoms with Crippen molar-refractivity contribution in [1.29, 1.82) is 0 Å². The van der Waals surface area contributed by atoms with Crippen LogP contribution in [0.4, 0.5) is 18.9 Å². The largest absolute Gasteiger partial charge is 0.416 e. The Morgan fingerprint density at radius 1 is 0.816 bits per heavy atom. The molecule has 1 amide bonds. The highest BCUT2D eigenvalue weighted by Crippen LogP contribution is 2.33. The van der Waals surface area contributed by atoms with E-state index in [2.05, 4.69) is 4.57 Å². The summed E-state index contributed by atoms with van der Waals surface area (Å²) in [5.74, 6) is -0.0905. The SMILES string of the molecule is Cc1ccc(-n2c(-c3ccc(Cl)cc3)cc(C(=O)N3CCN(c4cccc(C(F)(F)F)c4)CC3)c2C)cc1. The van der Waals surface area contributed by atoms with Crippen LogP contribution in [0.25, 0.3) is 16.9 Å². The normalized spacial score (nSPS) is 14.2. The summed E-state index contributed by atoms with van der Waals surface area (Å²) in [4.78, 5) is 17.4. The van der Waals surface area contributed by atoms with Crippen LogP contribution in [0.15, 0.2) is 78.9 Å². The molecule has 196 valence electrons. The fourth-order valence-corrected chi connectivity index (χ4v) is 5.03. The van der Waals surface area contributed by atoms with Crippen molar-refractivity contribution < 1.29 is 18.0 Å². The van der Waals surface area contributed by atoms with Crippen LogP contribution in [0, 0.1) is 13.8 Å². The molecule has 38 heavy (non-hydrogen) atoms. The molecule has 0 spiro atoms. The van der Waals surface area contributed by atoms with Gasteiger partial charge in [-0.3, -0.25) is 4.79 Å². The topological polar surface area (TPSA) is 28.5 Å². The number of alkyl halides is 3. The van der Waals surface area contributed by atoms with Crippen LogP contribution in [0.2, 0.25) is 5.02 Å². The number of anilines is 1. The minimum Gasteiger partial charge on any atom is -0.368 e. The molecule has 0 unspecified atom stereocenters. The Morgan fingerprint density at radius 2 is 1.47 bits per heavy atom. The zero-order valence-electron chi connectivity index (χ0n) is 21.1. The van der Waals surface area contributed by atoms with Gasteiger partial charge in [0.1, 0.15) is 0 Å². The number of carbonyl (C=O) groups is 1. The number of carbonyl (C=O) groups excluding carboxylic acids is 1. The second-order valence-electron chi connectivity index (χ2n) is 9.53. The number of halogens is 4. The van der Waals surface area contributed by atoms with Crippen molar-refractivity contribution in [2.45, 2.75) is 20.0 Å². The van der Waals surface area contributed by atoms with Crippen LogP contribution in [-0.4, -0.2) is 41.6 Å². The Balaban J connectivity index is 1.42. The first-order valence-corrected chi connectivity index (χ1v) is 12.8. The summed E-state index contributed by atoms with van der Waals surface area (Å²) in [6.07, 6.45) is -4.39. The van der Waals surface area contributed by atoms with Crippen LogP contribution in [-0.2, 0) is 6.18 Å². The van der Waals surface area contributed by atoms with E-state index in [4.69, 9.17) is 11.6 Å². The van der Waals surface area contributed by atoms with Gasteiger partial charge in [0, 0.05) is 48.3 Å². The first kappa shape index (κ1) is 25.9. The fraction of sp³-hybridized carbons (Fsp3) is 0.233. The van der Waals surface area contributed by atoms with Crippen LogP contribution >= 0.6 is 11.6 Å². The molecule has 1 aliphatic heterocycles. The molecule has 8 heteroatoms. The second-order valence-corrected chi connectivity index (χ2v) is 9.97. The summed E-state index contributed by atoms with van der Waals surface area (Å²) in [5.41, 5.74) is 5.18. The molecule has 1 saturated heterocycles. The lowest BCUT2D eigenvalue weighted by Crippen LogP contribution is -2.49. The van der Waals surface area contributed by atoms with E-state index in [0.29, 0.717) is 42.5 Å². The molecule has 4 aromatic rings. The van der Waals surface area contributed by atoms with Gasteiger partial charge in [0.15, 0.2) is 0 Å². The van der Waals surface area contributed by atoms with E-state index in [9.17, 15) is 18.0 Å². The van der Waals surface area contributed by atoms with Crippen LogP contribution in [0.3, 0.4) is 0 Å². The van der Waals surface area contributed by atoms with Crippen LogP contribution < -0.4 is 4.90 Å². The van der Waals surface area contributed by atoms with E-state index < -0.39 is 11.7 Å². The van der Waals surface area contributed by atoms with Gasteiger partial charge in [-0.15, -0.1) is 0 Å². The zero-order valence-corrected chi connectivity index (χ0v) is 21.9. The molecule has 1 aromatic heterocycles. The third-order valence-electron chi connectivity index (χ3n) is 7.02. The quantitative estimate of drug-likeness (QED) is 0.271. The predicted octanol–water partition coefficient (Wildman–Crippen LogP) is 7.40. The number of hydrogen-bond donors (Lipinski definition) is 0. The van der Waals surface area contributed by atoms with Gasteiger partial charge in [0.05, 0.1) is 16.8 Å². The highest BCUT2D eigenvalue weighted by Gasteiger charge is 2.32. The molecule has 1 fully saturated rings. The lowest BCUT2D eigenvalue weighted by Gasteiger charge is -2.36. The molecule has 5 rings (SSSR count). The van der Waals surface area contributed by atoms with Crippen LogP contribution in [0.5, 0.6) is 0 Å². The number of nitrogens with zero attached hydrogens (tertiary/aromatic N) is 3. The minimum atomic E-state index is -4.39. The first-order valence-electron chi connectivity index (χ1n) is 12.4. The number of benzene rings is 3. The van der Waals surface area contributed by atoms with E-state index in [0.717, 1.165) is 34.3 Å². The van der Waals surface area contributed by atoms with Crippen LogP contribution in [0.1, 0.15) is 27.2 Å². The molecule has 0 radical (unpaired) electrons. The second kappa shape index (κ2) is 10.2. The highest BCUT2D eigenvalue weighted by atomic mass is 35.5. The Kier molecular flexibility index (Phi) is 6.97. The number of hydrogen-bond acceptors (Lipinski definition) is 2. The summed E-state index contributed by atoms with van der Waals surface area (Å²) >= 11 is 6.12. The summed E-state index contributed by atoms with van der Waals surface area (Å²) in [6.45, 7) is 5.70. The van der Waals surface area contributed by atoms with Gasteiger partial charge in [-0.1, -0.05) is 47.5 Å². The number of rotatable bonds is 4.